The van der Waals surface area contributed by atoms with E-state index in [2.05, 4.69) is 10.6 Å². The van der Waals surface area contributed by atoms with Crippen LogP contribution in [0.2, 0.25) is 0 Å². The number of hydrogen-bond acceptors (Lipinski definition) is 5. The van der Waals surface area contributed by atoms with Gasteiger partial charge in [0, 0.05) is 23.1 Å². The third-order valence-electron chi connectivity index (χ3n) is 4.40. The van der Waals surface area contributed by atoms with Crippen molar-refractivity contribution in [3.05, 3.63) is 69.5 Å². The summed E-state index contributed by atoms with van der Waals surface area (Å²) >= 11 is 1.35. The van der Waals surface area contributed by atoms with E-state index in [-0.39, 0.29) is 22.7 Å². The van der Waals surface area contributed by atoms with E-state index in [1.54, 1.807) is 31.2 Å². The van der Waals surface area contributed by atoms with Gasteiger partial charge in [-0.25, -0.2) is 4.39 Å². The number of benzene rings is 2. The number of rotatable bonds is 5. The molecule has 9 heteroatoms. The van der Waals surface area contributed by atoms with Crippen LogP contribution in [-0.4, -0.2) is 33.8 Å². The molecule has 0 saturated carbocycles. The molecule has 1 fully saturated rings. The van der Waals surface area contributed by atoms with Crippen molar-refractivity contribution in [1.29, 1.82) is 0 Å². The SMILES string of the molecule is Cc1ccc(NC(=O)C2CSC(Cc3ccc(F)cc3)C(=O)N2)cc1[N+](=O)[O-]. The zero-order chi connectivity index (χ0) is 20.3. The highest BCUT2D eigenvalue weighted by atomic mass is 32.2. The molecule has 2 unspecified atom stereocenters. The first-order chi connectivity index (χ1) is 13.3. The molecule has 2 atom stereocenters. The number of hydrogen-bond donors (Lipinski definition) is 2. The van der Waals surface area contributed by atoms with Gasteiger partial charge in [-0.2, -0.15) is 0 Å². The van der Waals surface area contributed by atoms with Crippen LogP contribution in [0.25, 0.3) is 0 Å². The monoisotopic (exact) mass is 403 g/mol. The van der Waals surface area contributed by atoms with Crippen LogP contribution in [0, 0.1) is 22.9 Å². The van der Waals surface area contributed by atoms with Crippen molar-refractivity contribution in [3.63, 3.8) is 0 Å². The number of carbonyl (C=O) groups is 2. The van der Waals surface area contributed by atoms with Gasteiger partial charge in [0.2, 0.25) is 11.8 Å². The number of thioether (sulfide) groups is 1. The lowest BCUT2D eigenvalue weighted by molar-refractivity contribution is -0.385. The van der Waals surface area contributed by atoms with Gasteiger partial charge >= 0.3 is 0 Å². The first-order valence-corrected chi connectivity index (χ1v) is 9.60. The predicted molar refractivity (Wildman–Crippen MR) is 105 cm³/mol. The number of nitro benzene ring substituents is 1. The van der Waals surface area contributed by atoms with E-state index in [0.29, 0.717) is 23.4 Å². The number of anilines is 1. The molecule has 1 saturated heterocycles. The van der Waals surface area contributed by atoms with E-state index < -0.39 is 16.9 Å². The van der Waals surface area contributed by atoms with Gasteiger partial charge in [-0.3, -0.25) is 19.7 Å². The minimum absolute atomic E-state index is 0.0841. The number of amides is 2. The van der Waals surface area contributed by atoms with Gasteiger partial charge in [0.25, 0.3) is 5.69 Å². The Morgan fingerprint density at radius 2 is 2.04 bits per heavy atom. The van der Waals surface area contributed by atoms with Gasteiger partial charge in [0.1, 0.15) is 11.9 Å². The van der Waals surface area contributed by atoms with Gasteiger partial charge in [0.05, 0.1) is 10.2 Å². The highest BCUT2D eigenvalue weighted by Gasteiger charge is 2.32. The molecule has 2 aromatic carbocycles. The second-order valence-corrected chi connectivity index (χ2v) is 7.70. The molecule has 146 valence electrons. The first-order valence-electron chi connectivity index (χ1n) is 8.56. The molecular formula is C19H18FN3O4S. The van der Waals surface area contributed by atoms with Crippen LogP contribution in [-0.2, 0) is 16.0 Å². The Balaban J connectivity index is 1.59. The first kappa shape index (κ1) is 19.8. The third kappa shape index (κ3) is 4.66. The Hall–Kier alpha value is -2.94. The topological polar surface area (TPSA) is 101 Å². The number of halogens is 1. The summed E-state index contributed by atoms with van der Waals surface area (Å²) < 4.78 is 13.0. The van der Waals surface area contributed by atoms with Crippen LogP contribution < -0.4 is 10.6 Å². The summed E-state index contributed by atoms with van der Waals surface area (Å²) in [6.45, 7) is 1.61. The number of nitro groups is 1. The Bertz CT molecular complexity index is 920. The van der Waals surface area contributed by atoms with Crippen molar-refractivity contribution >= 4 is 35.0 Å². The molecule has 0 bridgehead atoms. The van der Waals surface area contributed by atoms with Crippen LogP contribution in [0.5, 0.6) is 0 Å². The normalized spacial score (nSPS) is 19.0. The maximum Gasteiger partial charge on any atom is 0.274 e. The summed E-state index contributed by atoms with van der Waals surface area (Å²) in [6, 6.07) is 9.65. The lowest BCUT2D eigenvalue weighted by Crippen LogP contribution is -2.52. The molecule has 1 aliphatic heterocycles. The quantitative estimate of drug-likeness (QED) is 0.591. The Morgan fingerprint density at radius 1 is 1.32 bits per heavy atom. The summed E-state index contributed by atoms with van der Waals surface area (Å²) in [5.41, 5.74) is 1.55. The maximum atomic E-state index is 13.0. The van der Waals surface area contributed by atoms with E-state index >= 15 is 0 Å². The summed E-state index contributed by atoms with van der Waals surface area (Å²) in [6.07, 6.45) is 0.440. The molecule has 28 heavy (non-hydrogen) atoms. The van der Waals surface area contributed by atoms with Crippen LogP contribution in [0.3, 0.4) is 0 Å². The maximum absolute atomic E-state index is 13.0. The molecule has 1 aliphatic rings. The number of nitrogens with one attached hydrogen (secondary N) is 2. The summed E-state index contributed by atoms with van der Waals surface area (Å²) in [5, 5.41) is 16.0. The molecule has 1 heterocycles. The zero-order valence-corrected chi connectivity index (χ0v) is 15.8. The summed E-state index contributed by atoms with van der Waals surface area (Å²) in [7, 11) is 0. The molecule has 7 nitrogen and oxygen atoms in total. The fraction of sp³-hybridized carbons (Fsp3) is 0.263. The highest BCUT2D eigenvalue weighted by molar-refractivity contribution is 8.00. The Kier molecular flexibility index (Phi) is 5.93. The third-order valence-corrected chi connectivity index (χ3v) is 5.71. The molecule has 2 aromatic rings. The Morgan fingerprint density at radius 3 is 2.68 bits per heavy atom. The van der Waals surface area contributed by atoms with Crippen LogP contribution in [0.4, 0.5) is 15.8 Å². The van der Waals surface area contributed by atoms with Gasteiger partial charge in [-0.05, 0) is 37.1 Å². The van der Waals surface area contributed by atoms with E-state index in [1.165, 1.54) is 30.0 Å². The predicted octanol–water partition coefficient (Wildman–Crippen LogP) is 2.82. The van der Waals surface area contributed by atoms with Crippen molar-refractivity contribution in [2.45, 2.75) is 24.6 Å². The van der Waals surface area contributed by atoms with Crippen molar-refractivity contribution in [3.8, 4) is 0 Å². The molecule has 0 spiro atoms. The van der Waals surface area contributed by atoms with E-state index in [1.807, 2.05) is 0 Å². The van der Waals surface area contributed by atoms with Gasteiger partial charge in [0.15, 0.2) is 0 Å². The summed E-state index contributed by atoms with van der Waals surface area (Å²) in [5.74, 6) is -0.662. The van der Waals surface area contributed by atoms with Gasteiger partial charge in [-0.15, -0.1) is 11.8 Å². The molecule has 2 amide bonds. The van der Waals surface area contributed by atoms with Gasteiger partial charge in [-0.1, -0.05) is 18.2 Å². The fourth-order valence-electron chi connectivity index (χ4n) is 2.84. The molecule has 0 aromatic heterocycles. The number of carbonyl (C=O) groups excluding carboxylic acids is 2. The van der Waals surface area contributed by atoms with E-state index in [4.69, 9.17) is 0 Å². The minimum atomic E-state index is -0.734. The standard InChI is InChI=1S/C19H18FN3O4S/c1-11-2-7-14(9-16(11)23(26)27)21-18(24)15-10-28-17(19(25)22-15)8-12-3-5-13(20)6-4-12/h2-7,9,15,17H,8,10H2,1H3,(H,21,24)(H,22,25). The largest absolute Gasteiger partial charge is 0.343 e. The lowest BCUT2D eigenvalue weighted by atomic mass is 10.1. The van der Waals surface area contributed by atoms with Crippen molar-refractivity contribution in [2.75, 3.05) is 11.1 Å². The van der Waals surface area contributed by atoms with Gasteiger partial charge < -0.3 is 10.6 Å². The van der Waals surface area contributed by atoms with E-state index in [9.17, 15) is 24.1 Å². The van der Waals surface area contributed by atoms with Crippen LogP contribution >= 0.6 is 11.8 Å². The molecule has 0 aliphatic carbocycles. The summed E-state index contributed by atoms with van der Waals surface area (Å²) in [4.78, 5) is 35.3. The van der Waals surface area contributed by atoms with E-state index in [0.717, 1.165) is 5.56 Å². The molecule has 0 radical (unpaired) electrons. The zero-order valence-electron chi connectivity index (χ0n) is 15.0. The average molecular weight is 403 g/mol. The highest BCUT2D eigenvalue weighted by Crippen LogP contribution is 2.25. The number of aryl methyl sites for hydroxylation is 1. The second-order valence-electron chi connectivity index (χ2n) is 6.46. The average Bonchev–Trinajstić information content (AvgIpc) is 2.66. The van der Waals surface area contributed by atoms with Crippen molar-refractivity contribution in [1.82, 2.24) is 5.32 Å². The molecule has 2 N–H and O–H groups in total. The van der Waals surface area contributed by atoms with Crippen LogP contribution in [0.15, 0.2) is 42.5 Å². The molecule has 3 rings (SSSR count). The number of nitrogens with zero attached hydrogens (tertiary/aromatic N) is 1. The van der Waals surface area contributed by atoms with Crippen molar-refractivity contribution < 1.29 is 18.9 Å². The Labute approximate surface area is 164 Å². The fourth-order valence-corrected chi connectivity index (χ4v) is 4.02. The second kappa shape index (κ2) is 8.39. The molecular weight excluding hydrogens is 385 g/mol. The van der Waals surface area contributed by atoms with Crippen LogP contribution in [0.1, 0.15) is 11.1 Å². The smallest absolute Gasteiger partial charge is 0.274 e. The van der Waals surface area contributed by atoms with Crippen molar-refractivity contribution in [2.24, 2.45) is 0 Å². The lowest BCUT2D eigenvalue weighted by Gasteiger charge is -2.28. The minimum Gasteiger partial charge on any atom is -0.343 e.